The SMILES string of the molecule is CC[C@H](C(=O)Nc1cc(C)ccc1OC)n1c(=O)c(C(F)(F)F)nc2cc(C)c(C)cc21. The van der Waals surface area contributed by atoms with Crippen molar-refractivity contribution >= 4 is 22.6 Å². The Balaban J connectivity index is 2.22. The second-order valence-electron chi connectivity index (χ2n) is 7.68. The van der Waals surface area contributed by atoms with E-state index in [1.807, 2.05) is 6.92 Å². The third-order valence-electron chi connectivity index (χ3n) is 5.39. The number of carbonyl (C=O) groups excluding carboxylic acids is 1. The van der Waals surface area contributed by atoms with Gasteiger partial charge in [-0.2, -0.15) is 13.2 Å². The van der Waals surface area contributed by atoms with E-state index in [4.69, 9.17) is 4.74 Å². The Morgan fingerprint density at radius 2 is 1.81 bits per heavy atom. The molecule has 1 atom stereocenters. The van der Waals surface area contributed by atoms with Crippen LogP contribution < -0.4 is 15.6 Å². The summed E-state index contributed by atoms with van der Waals surface area (Å²) >= 11 is 0. The molecule has 6 nitrogen and oxygen atoms in total. The average Bonchev–Trinajstić information content (AvgIpc) is 2.70. The molecule has 0 saturated carbocycles. The molecule has 0 bridgehead atoms. The number of anilines is 1. The third-order valence-corrected chi connectivity index (χ3v) is 5.39. The standard InChI is InChI=1S/C23H24F3N3O3/c1-6-17(21(30)28-16-9-12(2)7-8-19(16)32-5)29-18-11-14(4)13(3)10-15(18)27-20(22(29)31)23(24,25)26/h7-11,17H,6H2,1-5H3,(H,28,30)/t17-/m1/s1. The Morgan fingerprint density at radius 3 is 2.41 bits per heavy atom. The number of aromatic nitrogens is 2. The lowest BCUT2D eigenvalue weighted by Crippen LogP contribution is -2.37. The van der Waals surface area contributed by atoms with Gasteiger partial charge < -0.3 is 10.1 Å². The normalized spacial score (nSPS) is 12.6. The fourth-order valence-electron chi connectivity index (χ4n) is 3.57. The summed E-state index contributed by atoms with van der Waals surface area (Å²) in [6, 6.07) is 7.04. The topological polar surface area (TPSA) is 73.2 Å². The number of nitrogens with one attached hydrogen (secondary N) is 1. The summed E-state index contributed by atoms with van der Waals surface area (Å²) < 4.78 is 47.0. The van der Waals surface area contributed by atoms with E-state index in [1.54, 1.807) is 45.0 Å². The smallest absolute Gasteiger partial charge is 0.438 e. The van der Waals surface area contributed by atoms with Crippen molar-refractivity contribution in [1.82, 2.24) is 9.55 Å². The highest BCUT2D eigenvalue weighted by Crippen LogP contribution is 2.30. The number of rotatable bonds is 5. The summed E-state index contributed by atoms with van der Waals surface area (Å²) in [4.78, 5) is 29.7. The summed E-state index contributed by atoms with van der Waals surface area (Å²) in [7, 11) is 1.44. The quantitative estimate of drug-likeness (QED) is 0.601. The number of methoxy groups -OCH3 is 1. The van der Waals surface area contributed by atoms with Crippen LogP contribution in [0.1, 0.15) is 41.8 Å². The van der Waals surface area contributed by atoms with Gasteiger partial charge in [0.15, 0.2) is 0 Å². The highest BCUT2D eigenvalue weighted by Gasteiger charge is 2.39. The highest BCUT2D eigenvalue weighted by atomic mass is 19.4. The van der Waals surface area contributed by atoms with Gasteiger partial charge in [-0.25, -0.2) is 4.98 Å². The second-order valence-corrected chi connectivity index (χ2v) is 7.68. The minimum atomic E-state index is -4.96. The Kier molecular flexibility index (Phi) is 6.29. The van der Waals surface area contributed by atoms with Crippen molar-refractivity contribution in [3.8, 4) is 5.75 Å². The maximum absolute atomic E-state index is 13.6. The van der Waals surface area contributed by atoms with Crippen molar-refractivity contribution in [2.75, 3.05) is 12.4 Å². The first kappa shape index (κ1) is 23.3. The maximum atomic E-state index is 13.6. The van der Waals surface area contributed by atoms with Crippen molar-refractivity contribution < 1.29 is 22.7 Å². The van der Waals surface area contributed by atoms with Crippen LogP contribution in [-0.2, 0) is 11.0 Å². The molecule has 3 aromatic rings. The molecule has 0 saturated heterocycles. The number of hydrogen-bond acceptors (Lipinski definition) is 4. The van der Waals surface area contributed by atoms with Gasteiger partial charge in [-0.15, -0.1) is 0 Å². The number of alkyl halides is 3. The van der Waals surface area contributed by atoms with Crippen LogP contribution in [0.4, 0.5) is 18.9 Å². The Labute approximate surface area is 183 Å². The van der Waals surface area contributed by atoms with E-state index in [2.05, 4.69) is 10.3 Å². The number of carbonyl (C=O) groups is 1. The number of benzene rings is 2. The van der Waals surface area contributed by atoms with Crippen LogP contribution in [0.15, 0.2) is 35.1 Å². The summed E-state index contributed by atoms with van der Waals surface area (Å²) in [5, 5.41) is 2.70. The van der Waals surface area contributed by atoms with Crippen LogP contribution in [0.2, 0.25) is 0 Å². The zero-order valence-electron chi connectivity index (χ0n) is 18.4. The first-order chi connectivity index (χ1) is 15.0. The number of amides is 1. The molecule has 0 aliphatic heterocycles. The fourth-order valence-corrected chi connectivity index (χ4v) is 3.57. The van der Waals surface area contributed by atoms with E-state index < -0.39 is 29.4 Å². The molecule has 2 aromatic carbocycles. The van der Waals surface area contributed by atoms with E-state index in [-0.39, 0.29) is 17.5 Å². The number of aryl methyl sites for hydroxylation is 3. The van der Waals surface area contributed by atoms with Crippen LogP contribution in [-0.4, -0.2) is 22.6 Å². The van der Waals surface area contributed by atoms with Gasteiger partial charge in [-0.3, -0.25) is 14.2 Å². The van der Waals surface area contributed by atoms with Gasteiger partial charge in [-0.1, -0.05) is 13.0 Å². The van der Waals surface area contributed by atoms with E-state index in [0.29, 0.717) is 11.4 Å². The molecule has 0 spiro atoms. The minimum Gasteiger partial charge on any atom is -0.495 e. The monoisotopic (exact) mass is 447 g/mol. The number of nitrogens with zero attached hydrogens (tertiary/aromatic N) is 2. The zero-order chi connectivity index (χ0) is 23.8. The van der Waals surface area contributed by atoms with Gasteiger partial charge in [0.25, 0.3) is 5.56 Å². The van der Waals surface area contributed by atoms with Crippen LogP contribution in [0.3, 0.4) is 0 Å². The van der Waals surface area contributed by atoms with Crippen LogP contribution >= 0.6 is 0 Å². The summed E-state index contributed by atoms with van der Waals surface area (Å²) in [5.74, 6) is -0.231. The number of hydrogen-bond donors (Lipinski definition) is 1. The molecular formula is C23H24F3N3O3. The molecule has 3 rings (SSSR count). The molecule has 0 aliphatic carbocycles. The number of fused-ring (bicyclic) bond motifs is 1. The molecule has 9 heteroatoms. The molecule has 32 heavy (non-hydrogen) atoms. The summed E-state index contributed by atoms with van der Waals surface area (Å²) in [6.45, 7) is 6.98. The molecule has 0 unspecified atom stereocenters. The van der Waals surface area contributed by atoms with Crippen LogP contribution in [0.25, 0.3) is 11.0 Å². The summed E-state index contributed by atoms with van der Waals surface area (Å²) in [5.41, 5.74) is -0.0208. The number of ether oxygens (including phenoxy) is 1. The van der Waals surface area contributed by atoms with E-state index in [9.17, 15) is 22.8 Å². The number of halogens is 3. The van der Waals surface area contributed by atoms with Gasteiger partial charge >= 0.3 is 6.18 Å². The molecule has 1 N–H and O–H groups in total. The third kappa shape index (κ3) is 4.32. The first-order valence-electron chi connectivity index (χ1n) is 10.0. The molecule has 1 amide bonds. The van der Waals surface area contributed by atoms with Gasteiger partial charge in [0, 0.05) is 0 Å². The lowest BCUT2D eigenvalue weighted by molar-refractivity contribution is -0.142. The first-order valence-corrected chi connectivity index (χ1v) is 10.0. The molecule has 1 heterocycles. The van der Waals surface area contributed by atoms with Crippen LogP contribution in [0, 0.1) is 20.8 Å². The van der Waals surface area contributed by atoms with E-state index >= 15 is 0 Å². The highest BCUT2D eigenvalue weighted by molar-refractivity contribution is 5.96. The minimum absolute atomic E-state index is 0.000545. The predicted octanol–water partition coefficient (Wildman–Crippen LogP) is 4.94. The van der Waals surface area contributed by atoms with Gasteiger partial charge in [0.05, 0.1) is 23.8 Å². The fraction of sp³-hybridized carbons (Fsp3) is 0.348. The summed E-state index contributed by atoms with van der Waals surface area (Å²) in [6.07, 6.45) is -4.87. The Morgan fingerprint density at radius 1 is 1.16 bits per heavy atom. The van der Waals surface area contributed by atoms with Crippen LogP contribution in [0.5, 0.6) is 5.75 Å². The Bertz CT molecular complexity index is 1250. The van der Waals surface area contributed by atoms with Gasteiger partial charge in [0.2, 0.25) is 11.6 Å². The largest absolute Gasteiger partial charge is 0.495 e. The zero-order valence-corrected chi connectivity index (χ0v) is 18.4. The second kappa shape index (κ2) is 8.64. The van der Waals surface area contributed by atoms with Gasteiger partial charge in [0.1, 0.15) is 11.8 Å². The van der Waals surface area contributed by atoms with E-state index in [0.717, 1.165) is 21.3 Å². The maximum Gasteiger partial charge on any atom is 0.438 e. The van der Waals surface area contributed by atoms with Crippen molar-refractivity contribution in [3.05, 3.63) is 63.1 Å². The van der Waals surface area contributed by atoms with Crippen molar-refractivity contribution in [2.45, 2.75) is 46.3 Å². The molecule has 0 fully saturated rings. The lowest BCUT2D eigenvalue weighted by atomic mass is 10.1. The molecule has 0 radical (unpaired) electrons. The Hall–Kier alpha value is -3.36. The molecule has 170 valence electrons. The lowest BCUT2D eigenvalue weighted by Gasteiger charge is -2.22. The molecule has 0 aliphatic rings. The predicted molar refractivity (Wildman–Crippen MR) is 116 cm³/mol. The average molecular weight is 447 g/mol. The van der Waals surface area contributed by atoms with Crippen molar-refractivity contribution in [3.63, 3.8) is 0 Å². The van der Waals surface area contributed by atoms with Crippen molar-refractivity contribution in [1.29, 1.82) is 0 Å². The molecular weight excluding hydrogens is 423 g/mol. The van der Waals surface area contributed by atoms with E-state index in [1.165, 1.54) is 13.2 Å². The molecule has 1 aromatic heterocycles. The van der Waals surface area contributed by atoms with Gasteiger partial charge in [-0.05, 0) is 68.1 Å². The van der Waals surface area contributed by atoms with Crippen molar-refractivity contribution in [2.24, 2.45) is 0 Å².